The molecule has 0 N–H and O–H groups in total. The van der Waals surface area contributed by atoms with E-state index < -0.39 is 29.7 Å². The van der Waals surface area contributed by atoms with Gasteiger partial charge >= 0.3 is 18.4 Å². The highest BCUT2D eigenvalue weighted by Crippen LogP contribution is 2.41. The Kier molecular flexibility index (Phi) is 5.96. The van der Waals surface area contributed by atoms with E-state index in [0.29, 0.717) is 12.8 Å². The molecule has 5 nitrogen and oxygen atoms in total. The molecule has 0 spiro atoms. The van der Waals surface area contributed by atoms with E-state index in [2.05, 4.69) is 4.74 Å². The number of alkyl halides is 5. The number of nitrogens with zero attached hydrogens (tertiary/aromatic N) is 1. The van der Waals surface area contributed by atoms with Gasteiger partial charge in [0.15, 0.2) is 5.78 Å². The number of amides is 1. The number of benzene rings is 1. The predicted octanol–water partition coefficient (Wildman–Crippen LogP) is 5.58. The second-order valence-electron chi connectivity index (χ2n) is 8.95. The van der Waals surface area contributed by atoms with Gasteiger partial charge in [-0.15, -0.1) is 0 Å². The Morgan fingerprint density at radius 2 is 1.45 bits per heavy atom. The maximum atomic E-state index is 13.0. The number of piperidine rings is 1. The third-order valence-corrected chi connectivity index (χ3v) is 5.42. The van der Waals surface area contributed by atoms with E-state index in [-0.39, 0.29) is 29.3 Å². The van der Waals surface area contributed by atoms with Crippen molar-refractivity contribution in [1.29, 1.82) is 0 Å². The molecule has 1 amide bonds. The number of fused-ring (bicyclic) bond motifs is 2. The third kappa shape index (κ3) is 5.10. The molecule has 2 saturated heterocycles. The highest BCUT2D eigenvalue weighted by molar-refractivity contribution is 5.98. The number of rotatable bonds is 4. The molecule has 2 aliphatic heterocycles. The van der Waals surface area contributed by atoms with Crippen LogP contribution in [0.15, 0.2) is 24.3 Å². The summed E-state index contributed by atoms with van der Waals surface area (Å²) in [5.74, 6) is -1.31. The third-order valence-electron chi connectivity index (χ3n) is 5.42. The monoisotopic (exact) mass is 449 g/mol. The molecule has 10 heteroatoms. The Morgan fingerprint density at radius 1 is 0.935 bits per heavy atom. The van der Waals surface area contributed by atoms with E-state index in [1.165, 1.54) is 12.1 Å². The van der Waals surface area contributed by atoms with Crippen molar-refractivity contribution < 1.29 is 41.0 Å². The van der Waals surface area contributed by atoms with Crippen molar-refractivity contribution in [2.75, 3.05) is 0 Å². The highest BCUT2D eigenvalue weighted by atomic mass is 19.4. The van der Waals surface area contributed by atoms with Crippen LogP contribution in [-0.4, -0.2) is 46.7 Å². The van der Waals surface area contributed by atoms with E-state index >= 15 is 0 Å². The number of ether oxygens (including phenoxy) is 2. The summed E-state index contributed by atoms with van der Waals surface area (Å²) >= 11 is 0. The van der Waals surface area contributed by atoms with Gasteiger partial charge in [-0.2, -0.15) is 22.0 Å². The number of carbonyl (C=O) groups excluding carboxylic acids is 2. The standard InChI is InChI=1S/C21H24F5NO4/c1-19(2,3)31-18(29)27-14-6-7-15(27)11-13(10-14)17(28)12-4-8-16(9-5-12)30-21(25,26)20(22,23)24/h4-5,8-9,13-15H,6-7,10-11H2,1-3H3. The zero-order chi connectivity index (χ0) is 23.2. The van der Waals surface area contributed by atoms with Crippen molar-refractivity contribution in [2.24, 2.45) is 5.92 Å². The lowest BCUT2D eigenvalue weighted by molar-refractivity contribution is -0.360. The maximum absolute atomic E-state index is 13.0. The second kappa shape index (κ2) is 7.94. The minimum Gasteiger partial charge on any atom is -0.444 e. The summed E-state index contributed by atoms with van der Waals surface area (Å²) in [4.78, 5) is 27.1. The van der Waals surface area contributed by atoms with E-state index in [4.69, 9.17) is 4.74 Å². The fourth-order valence-electron chi connectivity index (χ4n) is 4.13. The van der Waals surface area contributed by atoms with Gasteiger partial charge in [0.05, 0.1) is 0 Å². The topological polar surface area (TPSA) is 55.8 Å². The number of ketones is 1. The van der Waals surface area contributed by atoms with Gasteiger partial charge in [0.2, 0.25) is 0 Å². The summed E-state index contributed by atoms with van der Waals surface area (Å²) in [6.07, 6.45) is -9.18. The van der Waals surface area contributed by atoms with Crippen LogP contribution >= 0.6 is 0 Å². The Bertz CT molecular complexity index is 818. The van der Waals surface area contributed by atoms with Crippen molar-refractivity contribution >= 4 is 11.9 Å². The molecule has 2 heterocycles. The van der Waals surface area contributed by atoms with Crippen LogP contribution in [0.4, 0.5) is 26.7 Å². The first-order valence-corrected chi connectivity index (χ1v) is 9.97. The van der Waals surface area contributed by atoms with Crippen LogP contribution in [0.3, 0.4) is 0 Å². The molecule has 2 bridgehead atoms. The van der Waals surface area contributed by atoms with Crippen molar-refractivity contribution in [3.63, 3.8) is 0 Å². The summed E-state index contributed by atoms with van der Waals surface area (Å²) < 4.78 is 72.0. The van der Waals surface area contributed by atoms with Crippen LogP contribution in [-0.2, 0) is 4.74 Å². The van der Waals surface area contributed by atoms with Crippen LogP contribution in [0.2, 0.25) is 0 Å². The molecular formula is C21H24F5NO4. The molecular weight excluding hydrogens is 425 g/mol. The predicted molar refractivity (Wildman–Crippen MR) is 100 cm³/mol. The van der Waals surface area contributed by atoms with Crippen LogP contribution in [0, 0.1) is 5.92 Å². The summed E-state index contributed by atoms with van der Waals surface area (Å²) in [5, 5.41) is 0. The molecule has 3 rings (SSSR count). The van der Waals surface area contributed by atoms with Gasteiger partial charge < -0.3 is 14.4 Å². The molecule has 172 valence electrons. The number of Topliss-reactive ketones (excluding diaryl/α,β-unsaturated/α-hetero) is 1. The van der Waals surface area contributed by atoms with E-state index in [1.54, 1.807) is 25.7 Å². The quantitative estimate of drug-likeness (QED) is 0.445. The van der Waals surface area contributed by atoms with Crippen LogP contribution in [0.1, 0.15) is 56.8 Å². The fraction of sp³-hybridized carbons (Fsp3) is 0.619. The summed E-state index contributed by atoms with van der Waals surface area (Å²) in [7, 11) is 0. The van der Waals surface area contributed by atoms with E-state index in [9.17, 15) is 31.5 Å². The first-order valence-electron chi connectivity index (χ1n) is 9.97. The van der Waals surface area contributed by atoms with Gasteiger partial charge in [-0.05, 0) is 70.7 Å². The summed E-state index contributed by atoms with van der Waals surface area (Å²) in [6.45, 7) is 5.34. The first kappa shape index (κ1) is 23.3. The Labute approximate surface area is 176 Å². The average Bonchev–Trinajstić information content (AvgIpc) is 2.89. The normalized spacial score (nSPS) is 24.1. The van der Waals surface area contributed by atoms with Gasteiger partial charge in [-0.1, -0.05) is 0 Å². The molecule has 1 aromatic carbocycles. The van der Waals surface area contributed by atoms with Crippen LogP contribution < -0.4 is 4.74 Å². The number of hydrogen-bond acceptors (Lipinski definition) is 4. The summed E-state index contributed by atoms with van der Waals surface area (Å²) in [6, 6.07) is 3.92. The second-order valence-corrected chi connectivity index (χ2v) is 8.95. The molecule has 31 heavy (non-hydrogen) atoms. The molecule has 2 fully saturated rings. The molecule has 0 saturated carbocycles. The fourth-order valence-corrected chi connectivity index (χ4v) is 4.13. The Morgan fingerprint density at radius 3 is 1.90 bits per heavy atom. The van der Waals surface area contributed by atoms with Crippen molar-refractivity contribution in [3.05, 3.63) is 29.8 Å². The zero-order valence-electron chi connectivity index (χ0n) is 17.3. The van der Waals surface area contributed by atoms with Gasteiger partial charge in [0, 0.05) is 23.6 Å². The zero-order valence-corrected chi connectivity index (χ0v) is 17.3. The minimum atomic E-state index is -5.84. The molecule has 0 aliphatic carbocycles. The lowest BCUT2D eigenvalue weighted by Crippen LogP contribution is -2.49. The lowest BCUT2D eigenvalue weighted by Gasteiger charge is -2.39. The lowest BCUT2D eigenvalue weighted by atomic mass is 9.85. The first-order chi connectivity index (χ1) is 14.2. The number of carbonyl (C=O) groups is 2. The Hall–Kier alpha value is -2.39. The van der Waals surface area contributed by atoms with Gasteiger partial charge in [-0.3, -0.25) is 4.79 Å². The van der Waals surface area contributed by atoms with Crippen LogP contribution in [0.5, 0.6) is 5.75 Å². The molecule has 2 unspecified atom stereocenters. The minimum absolute atomic E-state index is 0.129. The average molecular weight is 449 g/mol. The smallest absolute Gasteiger partial charge is 0.444 e. The van der Waals surface area contributed by atoms with Gasteiger partial charge in [-0.25, -0.2) is 4.79 Å². The van der Waals surface area contributed by atoms with Gasteiger partial charge in [0.25, 0.3) is 0 Å². The maximum Gasteiger partial charge on any atom is 0.499 e. The SMILES string of the molecule is CC(C)(C)OC(=O)N1C2CCC1CC(C(=O)c1ccc(OC(F)(F)C(F)(F)F)cc1)C2. The summed E-state index contributed by atoms with van der Waals surface area (Å²) in [5.41, 5.74) is -0.437. The van der Waals surface area contributed by atoms with Crippen LogP contribution in [0.25, 0.3) is 0 Å². The number of hydrogen-bond donors (Lipinski definition) is 0. The van der Waals surface area contributed by atoms with Crippen molar-refractivity contribution in [2.45, 2.75) is 76.4 Å². The van der Waals surface area contributed by atoms with E-state index in [0.717, 1.165) is 25.0 Å². The number of halogens is 5. The van der Waals surface area contributed by atoms with E-state index in [1.807, 2.05) is 0 Å². The molecule has 0 aromatic heterocycles. The molecule has 0 radical (unpaired) electrons. The molecule has 2 atom stereocenters. The highest BCUT2D eigenvalue weighted by Gasteiger charge is 2.61. The molecule has 2 aliphatic rings. The molecule has 1 aromatic rings. The van der Waals surface area contributed by atoms with Crippen molar-refractivity contribution in [3.8, 4) is 5.75 Å². The largest absolute Gasteiger partial charge is 0.499 e. The van der Waals surface area contributed by atoms with Gasteiger partial charge in [0.1, 0.15) is 11.4 Å². The van der Waals surface area contributed by atoms with Crippen molar-refractivity contribution in [1.82, 2.24) is 4.90 Å². The Balaban J connectivity index is 1.65.